The second-order valence-corrected chi connectivity index (χ2v) is 4.86. The molecule has 2 N–H and O–H groups in total. The van der Waals surface area contributed by atoms with E-state index in [0.29, 0.717) is 18.4 Å². The minimum Gasteiger partial charge on any atom is -0.340 e. The Morgan fingerprint density at radius 3 is 2.50 bits per heavy atom. The highest BCUT2D eigenvalue weighted by molar-refractivity contribution is 5.34. The Morgan fingerprint density at radius 2 is 1.94 bits per heavy atom. The van der Waals surface area contributed by atoms with Crippen LogP contribution in [0, 0.1) is 18.8 Å². The van der Waals surface area contributed by atoms with E-state index in [9.17, 15) is 0 Å². The van der Waals surface area contributed by atoms with Gasteiger partial charge in [0.2, 0.25) is 5.95 Å². The van der Waals surface area contributed by atoms with E-state index >= 15 is 0 Å². The minimum absolute atomic E-state index is 0.481. The average Bonchev–Trinajstić information content (AvgIpc) is 2.58. The molecule has 0 amide bonds. The van der Waals surface area contributed by atoms with E-state index in [2.05, 4.69) is 28.7 Å². The van der Waals surface area contributed by atoms with Gasteiger partial charge in [0, 0.05) is 25.3 Å². The van der Waals surface area contributed by atoms with E-state index < -0.39 is 0 Å². The van der Waals surface area contributed by atoms with Gasteiger partial charge in [-0.15, -0.1) is 0 Å². The maximum absolute atomic E-state index is 5.63. The summed E-state index contributed by atoms with van der Waals surface area (Å²) in [4.78, 5) is 11.3. The maximum Gasteiger partial charge on any atom is 0.225 e. The number of aromatic nitrogens is 2. The third-order valence-electron chi connectivity index (χ3n) is 3.38. The van der Waals surface area contributed by atoms with E-state index in [-0.39, 0.29) is 0 Å². The summed E-state index contributed by atoms with van der Waals surface area (Å²) in [5.74, 6) is 2.27. The minimum atomic E-state index is 0.481. The Morgan fingerprint density at radius 1 is 1.31 bits per heavy atom. The van der Waals surface area contributed by atoms with Gasteiger partial charge in [-0.2, -0.15) is 0 Å². The van der Waals surface area contributed by atoms with Gasteiger partial charge in [-0.25, -0.2) is 9.97 Å². The normalized spacial score (nSPS) is 25.1. The predicted octanol–water partition coefficient (Wildman–Crippen LogP) is 1.34. The first-order valence-corrected chi connectivity index (χ1v) is 5.89. The first kappa shape index (κ1) is 11.3. The Labute approximate surface area is 96.9 Å². The molecule has 2 unspecified atom stereocenters. The van der Waals surface area contributed by atoms with Crippen LogP contribution in [0.4, 0.5) is 5.95 Å². The smallest absolute Gasteiger partial charge is 0.225 e. The molecular weight excluding hydrogens is 200 g/mol. The van der Waals surface area contributed by atoms with Crippen LogP contribution in [0.3, 0.4) is 0 Å². The summed E-state index contributed by atoms with van der Waals surface area (Å²) in [6.45, 7) is 9.14. The molecule has 0 radical (unpaired) electrons. The average molecular weight is 220 g/mol. The summed E-state index contributed by atoms with van der Waals surface area (Å²) in [5, 5.41) is 0. The lowest BCUT2D eigenvalue weighted by Gasteiger charge is -2.16. The molecule has 0 saturated carbocycles. The van der Waals surface area contributed by atoms with E-state index in [1.54, 1.807) is 0 Å². The molecule has 2 heterocycles. The van der Waals surface area contributed by atoms with Crippen molar-refractivity contribution in [1.82, 2.24) is 9.97 Å². The first-order chi connectivity index (χ1) is 7.60. The monoisotopic (exact) mass is 220 g/mol. The van der Waals surface area contributed by atoms with Crippen LogP contribution in [0.5, 0.6) is 0 Å². The molecule has 88 valence electrons. The number of anilines is 1. The zero-order chi connectivity index (χ0) is 11.7. The SMILES string of the molecule is Cc1cc(CN)nc(N2CC(C)C(C)C2)n1. The predicted molar refractivity (Wildman–Crippen MR) is 65.2 cm³/mol. The molecular formula is C12H20N4. The largest absolute Gasteiger partial charge is 0.340 e. The number of rotatable bonds is 2. The van der Waals surface area contributed by atoms with E-state index in [0.717, 1.165) is 30.4 Å². The molecule has 0 spiro atoms. The second kappa shape index (κ2) is 4.37. The van der Waals surface area contributed by atoms with Crippen LogP contribution in [-0.4, -0.2) is 23.1 Å². The molecule has 16 heavy (non-hydrogen) atoms. The molecule has 0 aromatic carbocycles. The van der Waals surface area contributed by atoms with Crippen LogP contribution in [0.25, 0.3) is 0 Å². The fourth-order valence-corrected chi connectivity index (χ4v) is 2.16. The fraction of sp³-hybridized carbons (Fsp3) is 0.667. The summed E-state index contributed by atoms with van der Waals surface area (Å²) in [7, 11) is 0. The van der Waals surface area contributed by atoms with E-state index in [1.807, 2.05) is 13.0 Å². The van der Waals surface area contributed by atoms with Gasteiger partial charge in [0.25, 0.3) is 0 Å². The number of nitrogens with two attached hydrogens (primary N) is 1. The highest BCUT2D eigenvalue weighted by atomic mass is 15.3. The molecule has 1 aliphatic rings. The molecule has 1 aliphatic heterocycles. The van der Waals surface area contributed by atoms with Crippen molar-refractivity contribution in [3.63, 3.8) is 0 Å². The van der Waals surface area contributed by atoms with E-state index in [4.69, 9.17) is 5.73 Å². The van der Waals surface area contributed by atoms with Crippen LogP contribution in [0.2, 0.25) is 0 Å². The first-order valence-electron chi connectivity index (χ1n) is 5.89. The van der Waals surface area contributed by atoms with Gasteiger partial charge in [0.1, 0.15) is 0 Å². The Bertz CT molecular complexity index is 367. The van der Waals surface area contributed by atoms with Crippen LogP contribution in [0.1, 0.15) is 25.2 Å². The molecule has 2 atom stereocenters. The van der Waals surface area contributed by atoms with Crippen LogP contribution < -0.4 is 10.6 Å². The topological polar surface area (TPSA) is 55.0 Å². The number of hydrogen-bond acceptors (Lipinski definition) is 4. The lowest BCUT2D eigenvalue weighted by molar-refractivity contribution is 0.494. The molecule has 1 fully saturated rings. The zero-order valence-electron chi connectivity index (χ0n) is 10.3. The van der Waals surface area contributed by atoms with Gasteiger partial charge in [0.05, 0.1) is 5.69 Å². The maximum atomic E-state index is 5.63. The number of nitrogens with zero attached hydrogens (tertiary/aromatic N) is 3. The van der Waals surface area contributed by atoms with E-state index in [1.165, 1.54) is 0 Å². The van der Waals surface area contributed by atoms with Crippen molar-refractivity contribution in [2.24, 2.45) is 17.6 Å². The van der Waals surface area contributed by atoms with Gasteiger partial charge in [-0.05, 0) is 24.8 Å². The van der Waals surface area contributed by atoms with Gasteiger partial charge in [0.15, 0.2) is 0 Å². The molecule has 4 nitrogen and oxygen atoms in total. The van der Waals surface area contributed by atoms with Gasteiger partial charge in [-0.1, -0.05) is 13.8 Å². The quantitative estimate of drug-likeness (QED) is 0.817. The standard InChI is InChI=1S/C12H20N4/c1-8-6-16(7-9(8)2)12-14-10(3)4-11(5-13)15-12/h4,8-9H,5-7,13H2,1-3H3. The molecule has 1 aromatic heterocycles. The molecule has 0 aliphatic carbocycles. The van der Waals surface area contributed by atoms with Crippen molar-refractivity contribution in [2.75, 3.05) is 18.0 Å². The summed E-state index contributed by atoms with van der Waals surface area (Å²) in [5.41, 5.74) is 7.56. The lowest BCUT2D eigenvalue weighted by Crippen LogP contribution is -2.23. The third-order valence-corrected chi connectivity index (χ3v) is 3.38. The number of hydrogen-bond donors (Lipinski definition) is 1. The Hall–Kier alpha value is -1.16. The Balaban J connectivity index is 2.24. The van der Waals surface area contributed by atoms with Crippen molar-refractivity contribution < 1.29 is 0 Å². The second-order valence-electron chi connectivity index (χ2n) is 4.86. The van der Waals surface area contributed by atoms with Gasteiger partial charge in [-0.3, -0.25) is 0 Å². The van der Waals surface area contributed by atoms with Crippen molar-refractivity contribution >= 4 is 5.95 Å². The Kier molecular flexibility index (Phi) is 3.10. The fourth-order valence-electron chi connectivity index (χ4n) is 2.16. The molecule has 0 bridgehead atoms. The summed E-state index contributed by atoms with van der Waals surface area (Å²) in [6.07, 6.45) is 0. The summed E-state index contributed by atoms with van der Waals surface area (Å²) < 4.78 is 0. The van der Waals surface area contributed by atoms with Gasteiger partial charge < -0.3 is 10.6 Å². The zero-order valence-corrected chi connectivity index (χ0v) is 10.3. The lowest BCUT2D eigenvalue weighted by atomic mass is 10.0. The van der Waals surface area contributed by atoms with Crippen molar-refractivity contribution in [3.8, 4) is 0 Å². The summed E-state index contributed by atoms with van der Waals surface area (Å²) in [6, 6.07) is 1.95. The van der Waals surface area contributed by atoms with Crippen LogP contribution in [-0.2, 0) is 6.54 Å². The number of aryl methyl sites for hydroxylation is 1. The highest BCUT2D eigenvalue weighted by Gasteiger charge is 2.27. The highest BCUT2D eigenvalue weighted by Crippen LogP contribution is 2.25. The van der Waals surface area contributed by atoms with Crippen LogP contribution >= 0.6 is 0 Å². The molecule has 4 heteroatoms. The molecule has 1 saturated heterocycles. The van der Waals surface area contributed by atoms with Crippen molar-refractivity contribution in [1.29, 1.82) is 0 Å². The van der Waals surface area contributed by atoms with Gasteiger partial charge >= 0.3 is 0 Å². The molecule has 2 rings (SSSR count). The van der Waals surface area contributed by atoms with Crippen molar-refractivity contribution in [2.45, 2.75) is 27.3 Å². The van der Waals surface area contributed by atoms with Crippen molar-refractivity contribution in [3.05, 3.63) is 17.5 Å². The summed E-state index contributed by atoms with van der Waals surface area (Å²) >= 11 is 0. The molecule has 1 aromatic rings. The van der Waals surface area contributed by atoms with Crippen LogP contribution in [0.15, 0.2) is 6.07 Å². The third kappa shape index (κ3) is 2.16.